The fourth-order valence-electron chi connectivity index (χ4n) is 1.62. The highest BCUT2D eigenvalue weighted by Gasteiger charge is 2.29. The molecule has 1 saturated carbocycles. The number of rotatable bonds is 5. The van der Waals surface area contributed by atoms with E-state index in [1.54, 1.807) is 13.2 Å². The van der Waals surface area contributed by atoms with Gasteiger partial charge in [0.25, 0.3) is 5.91 Å². The average molecular weight is 251 g/mol. The Bertz CT molecular complexity index is 464. The van der Waals surface area contributed by atoms with Crippen LogP contribution in [0.2, 0.25) is 0 Å². The normalized spacial score (nSPS) is 14.3. The number of amides is 2. The maximum Gasteiger partial charge on any atom is 0.274 e. The lowest BCUT2D eigenvalue weighted by Crippen LogP contribution is -2.35. The summed E-state index contributed by atoms with van der Waals surface area (Å²) in [5.41, 5.74) is 6.19. The topological polar surface area (TPSA) is 102 Å². The van der Waals surface area contributed by atoms with E-state index in [1.807, 2.05) is 0 Å². The number of nitrogens with two attached hydrogens (primary N) is 1. The Balaban J connectivity index is 1.71. The summed E-state index contributed by atoms with van der Waals surface area (Å²) in [6.45, 7) is 0.793. The molecule has 4 N–H and O–H groups in total. The first-order valence-electron chi connectivity index (χ1n) is 5.93. The molecular weight excluding hydrogens is 234 g/mol. The Kier molecular flexibility index (Phi) is 3.50. The van der Waals surface area contributed by atoms with E-state index in [0.717, 1.165) is 12.8 Å². The van der Waals surface area contributed by atoms with Gasteiger partial charge in [-0.25, -0.2) is 0 Å². The molecule has 0 unspecified atom stereocenters. The van der Waals surface area contributed by atoms with Gasteiger partial charge in [0.05, 0.1) is 5.69 Å². The van der Waals surface area contributed by atoms with Crippen LogP contribution < -0.4 is 16.4 Å². The van der Waals surface area contributed by atoms with Gasteiger partial charge in [-0.1, -0.05) is 0 Å². The molecule has 0 saturated heterocycles. The van der Waals surface area contributed by atoms with Gasteiger partial charge in [0.1, 0.15) is 0 Å². The molecule has 1 aromatic heterocycles. The summed E-state index contributed by atoms with van der Waals surface area (Å²) in [6, 6.07) is 0. The number of carbonyl (C=O) groups excluding carboxylic acids is 2. The van der Waals surface area contributed by atoms with Crippen LogP contribution in [-0.4, -0.2) is 34.7 Å². The largest absolute Gasteiger partial charge is 0.396 e. The van der Waals surface area contributed by atoms with Crippen LogP contribution >= 0.6 is 0 Å². The standard InChI is InChI=1S/C11H17N5O2/c1-16-6-8(12)9(15-16)11(18)14-5-4-13-10(17)7-2-3-7/h6-7H,2-5,12H2,1H3,(H,13,17)(H,14,18). The van der Waals surface area contributed by atoms with E-state index >= 15 is 0 Å². The highest BCUT2D eigenvalue weighted by molar-refractivity contribution is 5.97. The van der Waals surface area contributed by atoms with Gasteiger partial charge in [0.2, 0.25) is 5.91 Å². The van der Waals surface area contributed by atoms with Gasteiger partial charge in [0.15, 0.2) is 5.69 Å². The molecule has 18 heavy (non-hydrogen) atoms. The molecule has 7 nitrogen and oxygen atoms in total. The van der Waals surface area contributed by atoms with Gasteiger partial charge in [-0.05, 0) is 12.8 Å². The number of hydrogen-bond donors (Lipinski definition) is 3. The smallest absolute Gasteiger partial charge is 0.274 e. The van der Waals surface area contributed by atoms with E-state index < -0.39 is 0 Å². The van der Waals surface area contributed by atoms with Gasteiger partial charge in [-0.3, -0.25) is 14.3 Å². The van der Waals surface area contributed by atoms with Gasteiger partial charge >= 0.3 is 0 Å². The summed E-state index contributed by atoms with van der Waals surface area (Å²) in [6.07, 6.45) is 3.52. The van der Waals surface area contributed by atoms with Crippen molar-refractivity contribution in [1.29, 1.82) is 0 Å². The lowest BCUT2D eigenvalue weighted by Gasteiger charge is -2.05. The second kappa shape index (κ2) is 5.07. The van der Waals surface area contributed by atoms with Crippen LogP contribution in [0.3, 0.4) is 0 Å². The number of hydrogen-bond acceptors (Lipinski definition) is 4. The zero-order valence-corrected chi connectivity index (χ0v) is 10.3. The Hall–Kier alpha value is -2.05. The molecule has 0 spiro atoms. The van der Waals surface area contributed by atoms with Crippen molar-refractivity contribution in [2.75, 3.05) is 18.8 Å². The fourth-order valence-corrected chi connectivity index (χ4v) is 1.62. The van der Waals surface area contributed by atoms with E-state index in [4.69, 9.17) is 5.73 Å². The summed E-state index contributed by atoms with van der Waals surface area (Å²) < 4.78 is 1.49. The molecule has 1 fully saturated rings. The van der Waals surface area contributed by atoms with Crippen LogP contribution in [0.25, 0.3) is 0 Å². The second-order valence-electron chi connectivity index (χ2n) is 4.43. The SMILES string of the molecule is Cn1cc(N)c(C(=O)NCCNC(=O)C2CC2)n1. The van der Waals surface area contributed by atoms with Crippen LogP contribution in [0.4, 0.5) is 5.69 Å². The first-order chi connectivity index (χ1) is 8.58. The monoisotopic (exact) mass is 251 g/mol. The molecule has 0 bridgehead atoms. The summed E-state index contributed by atoms with van der Waals surface area (Å²) in [7, 11) is 1.70. The number of aryl methyl sites for hydroxylation is 1. The molecule has 2 amide bonds. The van der Waals surface area contributed by atoms with Crippen LogP contribution in [0.15, 0.2) is 6.20 Å². The minimum atomic E-state index is -0.325. The third-order valence-corrected chi connectivity index (χ3v) is 2.73. The second-order valence-corrected chi connectivity index (χ2v) is 4.43. The Morgan fingerprint density at radius 2 is 2.11 bits per heavy atom. The minimum Gasteiger partial charge on any atom is -0.396 e. The summed E-state index contributed by atoms with van der Waals surface area (Å²) in [4.78, 5) is 23.0. The van der Waals surface area contributed by atoms with E-state index in [1.165, 1.54) is 4.68 Å². The first-order valence-corrected chi connectivity index (χ1v) is 5.93. The molecule has 2 rings (SSSR count). The molecule has 0 radical (unpaired) electrons. The Morgan fingerprint density at radius 3 is 2.67 bits per heavy atom. The highest BCUT2D eigenvalue weighted by Crippen LogP contribution is 2.28. The fraction of sp³-hybridized carbons (Fsp3) is 0.545. The van der Waals surface area contributed by atoms with Crippen LogP contribution in [0.1, 0.15) is 23.3 Å². The van der Waals surface area contributed by atoms with Crippen molar-refractivity contribution in [3.8, 4) is 0 Å². The number of nitrogen functional groups attached to an aromatic ring is 1. The van der Waals surface area contributed by atoms with Gasteiger partial charge in [-0.15, -0.1) is 0 Å². The van der Waals surface area contributed by atoms with Crippen molar-refractivity contribution in [1.82, 2.24) is 20.4 Å². The maximum absolute atomic E-state index is 11.7. The third-order valence-electron chi connectivity index (χ3n) is 2.73. The molecule has 7 heteroatoms. The van der Waals surface area contributed by atoms with E-state index in [0.29, 0.717) is 18.8 Å². The Labute approximate surface area is 105 Å². The molecule has 98 valence electrons. The van der Waals surface area contributed by atoms with Gasteiger partial charge < -0.3 is 16.4 Å². The number of carbonyl (C=O) groups is 2. The van der Waals surface area contributed by atoms with Crippen molar-refractivity contribution in [3.05, 3.63) is 11.9 Å². The average Bonchev–Trinajstić information content (AvgIpc) is 3.10. The van der Waals surface area contributed by atoms with Crippen molar-refractivity contribution < 1.29 is 9.59 Å². The van der Waals surface area contributed by atoms with E-state index in [2.05, 4.69) is 15.7 Å². The zero-order valence-electron chi connectivity index (χ0n) is 10.3. The van der Waals surface area contributed by atoms with E-state index in [-0.39, 0.29) is 23.4 Å². The van der Waals surface area contributed by atoms with Crippen molar-refractivity contribution >= 4 is 17.5 Å². The molecule has 1 aromatic rings. The molecular formula is C11H17N5O2. The number of nitrogens with one attached hydrogen (secondary N) is 2. The zero-order chi connectivity index (χ0) is 13.1. The highest BCUT2D eigenvalue weighted by atomic mass is 16.2. The molecule has 1 aliphatic rings. The van der Waals surface area contributed by atoms with Crippen LogP contribution in [0.5, 0.6) is 0 Å². The van der Waals surface area contributed by atoms with Gasteiger partial charge in [0, 0.05) is 32.3 Å². The quantitative estimate of drug-likeness (QED) is 0.600. The van der Waals surface area contributed by atoms with Gasteiger partial charge in [-0.2, -0.15) is 5.10 Å². The third kappa shape index (κ3) is 2.99. The predicted molar refractivity (Wildman–Crippen MR) is 65.7 cm³/mol. The molecule has 0 aliphatic heterocycles. The van der Waals surface area contributed by atoms with Crippen molar-refractivity contribution in [3.63, 3.8) is 0 Å². The summed E-state index contributed by atoms with van der Waals surface area (Å²) >= 11 is 0. The van der Waals surface area contributed by atoms with Crippen LogP contribution in [0, 0.1) is 5.92 Å². The Morgan fingerprint density at radius 1 is 1.44 bits per heavy atom. The first kappa shape index (κ1) is 12.4. The minimum absolute atomic E-state index is 0.0709. The summed E-state index contributed by atoms with van der Waals surface area (Å²) in [5.74, 6) is -0.0671. The van der Waals surface area contributed by atoms with Crippen molar-refractivity contribution in [2.24, 2.45) is 13.0 Å². The number of aromatic nitrogens is 2. The summed E-state index contributed by atoms with van der Waals surface area (Å²) in [5, 5.41) is 9.37. The molecule has 0 atom stereocenters. The number of nitrogens with zero attached hydrogens (tertiary/aromatic N) is 2. The lowest BCUT2D eigenvalue weighted by atomic mass is 10.3. The predicted octanol–water partition coefficient (Wildman–Crippen LogP) is -0.742. The van der Waals surface area contributed by atoms with E-state index in [9.17, 15) is 9.59 Å². The number of anilines is 1. The van der Waals surface area contributed by atoms with Crippen LogP contribution in [-0.2, 0) is 11.8 Å². The molecule has 0 aromatic carbocycles. The maximum atomic E-state index is 11.7. The lowest BCUT2D eigenvalue weighted by molar-refractivity contribution is -0.122. The molecule has 1 aliphatic carbocycles. The van der Waals surface area contributed by atoms with Crippen molar-refractivity contribution in [2.45, 2.75) is 12.8 Å². The molecule has 1 heterocycles.